The van der Waals surface area contributed by atoms with Crippen molar-refractivity contribution in [3.05, 3.63) is 208 Å². The van der Waals surface area contributed by atoms with E-state index >= 15 is 0 Å². The Bertz CT molecular complexity index is 3740. The number of para-hydroxylation sites is 3. The Balaban J connectivity index is 1.01. The van der Waals surface area contributed by atoms with E-state index in [9.17, 15) is 9.59 Å². The van der Waals surface area contributed by atoms with E-state index in [4.69, 9.17) is 54.3 Å². The lowest BCUT2D eigenvalue weighted by atomic mass is 9.67. The average Bonchev–Trinajstić information content (AvgIpc) is 1.56. The number of hydrogen-bond donors (Lipinski definition) is 1. The number of ether oxygens (including phenoxy) is 4. The van der Waals surface area contributed by atoms with E-state index in [1.54, 1.807) is 7.11 Å². The van der Waals surface area contributed by atoms with E-state index in [2.05, 4.69) is 164 Å². The lowest BCUT2D eigenvalue weighted by Gasteiger charge is -2.46. The number of hydrogen-bond acceptors (Lipinski definition) is 14. The number of fused-ring (bicyclic) bond motifs is 3. The molecule has 0 saturated heterocycles. The van der Waals surface area contributed by atoms with Gasteiger partial charge in [0, 0.05) is 6.92 Å². The van der Waals surface area contributed by atoms with E-state index in [-0.39, 0.29) is 5.97 Å². The van der Waals surface area contributed by atoms with Crippen molar-refractivity contribution in [1.82, 2.24) is 0 Å². The van der Waals surface area contributed by atoms with Crippen LogP contribution in [0.15, 0.2) is 158 Å². The molecule has 14 nitrogen and oxygen atoms in total. The molecule has 0 aromatic heterocycles. The smallest absolute Gasteiger partial charge is 0.508 e. The fourth-order valence-corrected chi connectivity index (χ4v) is 51.7. The fourth-order valence-electron chi connectivity index (χ4n) is 13.7. The molecule has 94 heavy (non-hydrogen) atoms. The minimum absolute atomic E-state index is 0.362. The molecule has 1 aliphatic carbocycles. The predicted octanol–water partition coefficient (Wildman–Crippen LogP) is 18.6. The molecular weight excluding hydrogens is 1310 g/mol. The first-order chi connectivity index (χ1) is 44.7. The number of carbonyl (C=O) groups excluding carboxylic acids is 2. The maximum Gasteiger partial charge on any atom is 0.519 e. The summed E-state index contributed by atoms with van der Waals surface area (Å²) in [5, 5.41) is 5.05. The molecule has 0 saturated carbocycles. The molecule has 0 amide bonds. The van der Waals surface area contributed by atoms with E-state index in [0.717, 1.165) is 73.4 Å². The Kier molecular flexibility index (Phi) is 23.8. The summed E-state index contributed by atoms with van der Waals surface area (Å²) in [4.78, 5) is 26.3. The van der Waals surface area contributed by atoms with E-state index in [1.165, 1.54) is 6.92 Å². The summed E-state index contributed by atoms with van der Waals surface area (Å²) in [6.07, 6.45) is 3.15. The second kappa shape index (κ2) is 30.8. The SMILES string of the molecule is [3H]Oc1ccccc1CCC[Si](C)(O[Si](C)(C)O[Si](C)(CCCc1ccccc1OC(=O)Oc1cc(C2(c3ccc(C)c(OC)c3)c3ccccc3-c3ccccc32)ccc1C)O[Si](C)(C)C)O[Si](C)(C)O[Si](C)(CCCc1ccccc1OC(C)=O)O[Si](C)(C)O[Si](C)C. The molecule has 0 spiro atoms. The molecule has 7 aromatic rings. The van der Waals surface area contributed by atoms with Gasteiger partial charge < -0.3 is 52.9 Å². The third-order valence-corrected chi connectivity index (χ3v) is 46.5. The van der Waals surface area contributed by atoms with E-state index in [0.29, 0.717) is 73.2 Å². The number of aromatic hydroxyl groups is 1. The quantitative estimate of drug-likeness (QED) is 0.0179. The van der Waals surface area contributed by atoms with Crippen LogP contribution < -0.4 is 18.9 Å². The minimum Gasteiger partial charge on any atom is -0.508 e. The molecule has 1 N–H and O–H groups in total. The van der Waals surface area contributed by atoms with Crippen LogP contribution in [0.4, 0.5) is 4.79 Å². The highest BCUT2D eigenvalue weighted by molar-refractivity contribution is 6.92. The zero-order chi connectivity index (χ0) is 69.2. The van der Waals surface area contributed by atoms with Crippen molar-refractivity contribution < 1.29 is 62.5 Å². The Morgan fingerprint density at radius 3 is 1.33 bits per heavy atom. The summed E-state index contributed by atoms with van der Waals surface area (Å²) in [6, 6.07) is 54.4. The largest absolute Gasteiger partial charge is 0.519 e. The Morgan fingerprint density at radius 1 is 0.468 bits per heavy atom. The van der Waals surface area contributed by atoms with Gasteiger partial charge in [0.25, 0.3) is 1.43 Å². The third kappa shape index (κ3) is 19.5. The van der Waals surface area contributed by atoms with Gasteiger partial charge in [-0.15, -0.1) is 0 Å². The Morgan fingerprint density at radius 2 is 0.862 bits per heavy atom. The van der Waals surface area contributed by atoms with Gasteiger partial charge in [-0.1, -0.05) is 127 Å². The number of rotatable bonds is 33. The topological polar surface area (TPSA) is 156 Å². The molecule has 1 radical (unpaired) electrons. The first-order valence-electron chi connectivity index (χ1n) is 33.2. The van der Waals surface area contributed by atoms with Crippen molar-refractivity contribution in [3.63, 3.8) is 0 Å². The van der Waals surface area contributed by atoms with Crippen LogP contribution in [0.2, 0.25) is 110 Å². The molecule has 22 heteroatoms. The normalized spacial score (nSPS) is 15.2. The van der Waals surface area contributed by atoms with E-state index < -0.39 is 80.3 Å². The van der Waals surface area contributed by atoms with Crippen LogP contribution in [0.5, 0.6) is 28.7 Å². The third-order valence-electron chi connectivity index (χ3n) is 16.5. The second-order valence-corrected chi connectivity index (χ2v) is 56.2. The summed E-state index contributed by atoms with van der Waals surface area (Å²) >= 11 is 0. The summed E-state index contributed by atoms with van der Waals surface area (Å²) in [6.45, 7) is 35.3. The highest BCUT2D eigenvalue weighted by Gasteiger charge is 2.52. The first-order valence-corrected chi connectivity index (χ1v) is 54.6. The monoisotopic (exact) mass is 1410 g/mol. The standard InChI is InChI=1S/C72H99O14Si8/c1-54-45-47-60(52-69(54)76-4)72(64-40-24-22-38-62(64)63-39-23-25-41-65(63)72)61-48-46-55(2)70(53-61)79-71(75)78-68-44-28-21-34-59(68)37-30-49-92(16,81-88(7,8)9)83-90(12,13)85-94(18,50-29-35-57-32-19-26-42-66(57)74)86-91(14,15)84-93(17,82-89(10,11)80-87(5)6)51-31-36-58-33-20-27-43-67(58)77-56(3)73/h19-28,32-34,38-48,52-53,74H,29-31,35-37,49-51H2,1-18H3/i/hT. The minimum atomic E-state index is -3.25. The van der Waals surface area contributed by atoms with Gasteiger partial charge >= 0.3 is 63.5 Å². The van der Waals surface area contributed by atoms with Gasteiger partial charge in [0.05, 0.1) is 12.5 Å². The van der Waals surface area contributed by atoms with Crippen LogP contribution in [0.3, 0.4) is 0 Å². The molecule has 0 aliphatic heterocycles. The number of aryl methyl sites for hydroxylation is 5. The maximum absolute atomic E-state index is 14.2. The molecular formula is C72H99O14Si8. The van der Waals surface area contributed by atoms with Crippen molar-refractivity contribution >= 4 is 80.8 Å². The number of phenolic OH excluding ortho intramolecular Hbond substituents is 1. The van der Waals surface area contributed by atoms with Crippen LogP contribution in [-0.2, 0) is 58.3 Å². The van der Waals surface area contributed by atoms with Crippen LogP contribution in [0.25, 0.3) is 11.1 Å². The molecule has 0 heterocycles. The number of carbonyl (C=O) groups is 2. The molecule has 8 rings (SSSR count). The number of phenols is 1. The van der Waals surface area contributed by atoms with Crippen molar-refractivity contribution in [3.8, 4) is 39.9 Å². The van der Waals surface area contributed by atoms with Gasteiger partial charge in [-0.05, 0) is 254 Å². The van der Waals surface area contributed by atoms with Crippen molar-refractivity contribution in [2.45, 2.75) is 175 Å². The molecule has 1 aliphatic rings. The second-order valence-electron chi connectivity index (χ2n) is 27.8. The van der Waals surface area contributed by atoms with Crippen LogP contribution in [0, 0.1) is 13.8 Å². The molecule has 7 aromatic carbocycles. The average molecular weight is 1420 g/mol. The summed E-state index contributed by atoms with van der Waals surface area (Å²) in [5.74, 6) is 2.32. The van der Waals surface area contributed by atoms with Crippen LogP contribution in [-0.4, -0.2) is 94.5 Å². The number of methoxy groups -OCH3 is 1. The Hall–Kier alpha value is -5.66. The van der Waals surface area contributed by atoms with Crippen LogP contribution in [0.1, 0.15) is 76.3 Å². The lowest BCUT2D eigenvalue weighted by molar-refractivity contribution is -0.131. The lowest BCUT2D eigenvalue weighted by Crippen LogP contribution is -2.62. The van der Waals surface area contributed by atoms with Gasteiger partial charge in [-0.3, -0.25) is 4.79 Å². The van der Waals surface area contributed by atoms with Gasteiger partial charge in [0.15, 0.2) is 17.4 Å². The van der Waals surface area contributed by atoms with Gasteiger partial charge in [0.1, 0.15) is 28.7 Å². The molecule has 503 valence electrons. The van der Waals surface area contributed by atoms with Crippen molar-refractivity contribution in [1.29, 1.82) is 1.43 Å². The summed E-state index contributed by atoms with van der Waals surface area (Å²) in [7, 11) is -20.0. The Labute approximate surface area is 570 Å². The first kappa shape index (κ1) is 72.6. The predicted molar refractivity (Wildman–Crippen MR) is 394 cm³/mol. The molecule has 3 unspecified atom stereocenters. The van der Waals surface area contributed by atoms with E-state index in [1.807, 2.05) is 98.8 Å². The zero-order valence-corrected chi connectivity index (χ0v) is 66.6. The van der Waals surface area contributed by atoms with Gasteiger partial charge in [-0.25, -0.2) is 4.79 Å². The molecule has 3 atom stereocenters. The summed E-state index contributed by atoms with van der Waals surface area (Å²) < 4.78 is 82.7. The van der Waals surface area contributed by atoms with Gasteiger partial charge in [0.2, 0.25) is 0 Å². The zero-order valence-electron chi connectivity index (χ0n) is 59.6. The molecule has 0 fully saturated rings. The highest BCUT2D eigenvalue weighted by Crippen LogP contribution is 2.57. The maximum atomic E-state index is 14.2. The summed E-state index contributed by atoms with van der Waals surface area (Å²) in [5.41, 5.74) is 10.3. The number of esters is 1. The van der Waals surface area contributed by atoms with Gasteiger partial charge in [-0.2, -0.15) is 0 Å². The fraction of sp³-hybridized carbons (Fsp3) is 0.389. The highest BCUT2D eigenvalue weighted by atomic mass is 28.5. The van der Waals surface area contributed by atoms with Crippen molar-refractivity contribution in [2.24, 2.45) is 0 Å². The van der Waals surface area contributed by atoms with Crippen LogP contribution >= 0.6 is 0 Å². The molecule has 0 bridgehead atoms. The van der Waals surface area contributed by atoms with Crippen molar-refractivity contribution in [2.75, 3.05) is 7.11 Å². The number of benzene rings is 7.